The van der Waals surface area contributed by atoms with E-state index in [0.29, 0.717) is 11.3 Å². The molecule has 0 aromatic carbocycles. The van der Waals surface area contributed by atoms with Crippen LogP contribution in [0.1, 0.15) is 51.8 Å². The van der Waals surface area contributed by atoms with Gasteiger partial charge in [0.25, 0.3) is 0 Å². The molecule has 0 radical (unpaired) electrons. The predicted octanol–water partition coefficient (Wildman–Crippen LogP) is 3.16. The second-order valence-corrected chi connectivity index (χ2v) is 7.49. The summed E-state index contributed by atoms with van der Waals surface area (Å²) in [6.45, 7) is 15.2. The summed E-state index contributed by atoms with van der Waals surface area (Å²) in [6, 6.07) is 0. The number of nitrogens with zero attached hydrogens (tertiary/aromatic N) is 3. The zero-order valence-corrected chi connectivity index (χ0v) is 14.2. The van der Waals surface area contributed by atoms with Gasteiger partial charge in [0.2, 0.25) is 5.95 Å². The van der Waals surface area contributed by atoms with Gasteiger partial charge in [-0.3, -0.25) is 0 Å². The fourth-order valence-corrected chi connectivity index (χ4v) is 2.90. The highest BCUT2D eigenvalue weighted by Gasteiger charge is 2.27. The highest BCUT2D eigenvalue weighted by molar-refractivity contribution is 5.34. The van der Waals surface area contributed by atoms with E-state index in [1.807, 2.05) is 6.20 Å². The third-order valence-corrected chi connectivity index (χ3v) is 4.12. The van der Waals surface area contributed by atoms with Crippen molar-refractivity contribution in [3.05, 3.63) is 17.5 Å². The van der Waals surface area contributed by atoms with Crippen molar-refractivity contribution in [2.24, 2.45) is 11.3 Å². The molecular weight excluding hydrogens is 260 g/mol. The molecule has 4 heteroatoms. The van der Waals surface area contributed by atoms with Crippen LogP contribution in [-0.2, 0) is 6.54 Å². The van der Waals surface area contributed by atoms with Gasteiger partial charge in [-0.05, 0) is 37.6 Å². The summed E-state index contributed by atoms with van der Waals surface area (Å²) in [5, 5.41) is 3.46. The first-order valence-corrected chi connectivity index (χ1v) is 8.15. The number of aromatic nitrogens is 2. The molecule has 0 amide bonds. The normalized spacial score (nSPS) is 18.3. The summed E-state index contributed by atoms with van der Waals surface area (Å²) in [7, 11) is 0. The molecule has 0 saturated carbocycles. The summed E-state index contributed by atoms with van der Waals surface area (Å²) in [6.07, 6.45) is 4.51. The Morgan fingerprint density at radius 3 is 2.76 bits per heavy atom. The van der Waals surface area contributed by atoms with Gasteiger partial charge in [-0.1, -0.05) is 27.7 Å². The first-order valence-electron chi connectivity index (χ1n) is 8.15. The van der Waals surface area contributed by atoms with E-state index < -0.39 is 0 Å². The summed E-state index contributed by atoms with van der Waals surface area (Å²) in [5.74, 6) is 1.56. The minimum atomic E-state index is 0.368. The third kappa shape index (κ3) is 4.67. The molecule has 0 spiro atoms. The number of rotatable bonds is 5. The molecule has 0 atom stereocenters. The van der Waals surface area contributed by atoms with Gasteiger partial charge in [-0.25, -0.2) is 9.97 Å². The molecule has 0 unspecified atom stereocenters. The lowest BCUT2D eigenvalue weighted by Crippen LogP contribution is -2.41. The highest BCUT2D eigenvalue weighted by atomic mass is 15.3. The van der Waals surface area contributed by atoms with Crippen LogP contribution in [-0.4, -0.2) is 29.6 Å². The Balaban J connectivity index is 2.01. The lowest BCUT2D eigenvalue weighted by molar-refractivity contribution is 0.291. The Morgan fingerprint density at radius 1 is 1.38 bits per heavy atom. The topological polar surface area (TPSA) is 41.1 Å². The third-order valence-electron chi connectivity index (χ3n) is 4.12. The van der Waals surface area contributed by atoms with Crippen molar-refractivity contribution < 1.29 is 0 Å². The van der Waals surface area contributed by atoms with Crippen LogP contribution in [0.3, 0.4) is 0 Å². The minimum Gasteiger partial charge on any atom is -0.340 e. The molecule has 1 aliphatic rings. The van der Waals surface area contributed by atoms with Gasteiger partial charge in [0.1, 0.15) is 0 Å². The Morgan fingerprint density at radius 2 is 2.14 bits per heavy atom. The molecule has 1 N–H and O–H groups in total. The van der Waals surface area contributed by atoms with E-state index in [1.54, 1.807) is 0 Å². The smallest absolute Gasteiger partial charge is 0.225 e. The number of aryl methyl sites for hydroxylation is 1. The monoisotopic (exact) mass is 290 g/mol. The average molecular weight is 290 g/mol. The van der Waals surface area contributed by atoms with E-state index >= 15 is 0 Å². The first-order chi connectivity index (χ1) is 9.87. The molecule has 1 fully saturated rings. The van der Waals surface area contributed by atoms with Crippen molar-refractivity contribution in [2.75, 3.05) is 24.5 Å². The van der Waals surface area contributed by atoms with Gasteiger partial charge in [-0.15, -0.1) is 0 Å². The molecule has 0 aliphatic carbocycles. The van der Waals surface area contributed by atoms with Gasteiger partial charge in [0.15, 0.2) is 0 Å². The molecule has 2 rings (SSSR count). The minimum absolute atomic E-state index is 0.368. The van der Waals surface area contributed by atoms with E-state index in [-0.39, 0.29) is 0 Å². The maximum absolute atomic E-state index is 4.73. The van der Waals surface area contributed by atoms with Crippen LogP contribution in [0.25, 0.3) is 0 Å². The van der Waals surface area contributed by atoms with E-state index in [0.717, 1.165) is 37.8 Å². The molecule has 1 aromatic heterocycles. The average Bonchev–Trinajstić information content (AvgIpc) is 2.39. The second kappa shape index (κ2) is 6.73. The molecule has 1 aliphatic heterocycles. The maximum atomic E-state index is 4.73. The maximum Gasteiger partial charge on any atom is 0.225 e. The van der Waals surface area contributed by atoms with Crippen molar-refractivity contribution in [2.45, 2.75) is 54.0 Å². The van der Waals surface area contributed by atoms with Gasteiger partial charge < -0.3 is 10.2 Å². The highest BCUT2D eigenvalue weighted by Crippen LogP contribution is 2.30. The van der Waals surface area contributed by atoms with Crippen LogP contribution in [0.2, 0.25) is 0 Å². The Hall–Kier alpha value is -1.16. The van der Waals surface area contributed by atoms with Crippen LogP contribution in [0.5, 0.6) is 0 Å². The van der Waals surface area contributed by atoms with Crippen molar-refractivity contribution in [3.63, 3.8) is 0 Å². The van der Waals surface area contributed by atoms with Crippen molar-refractivity contribution in [3.8, 4) is 0 Å². The number of nitrogens with one attached hydrogen (secondary N) is 1. The number of hydrogen-bond donors (Lipinski definition) is 1. The molecule has 21 heavy (non-hydrogen) atoms. The quantitative estimate of drug-likeness (QED) is 0.904. The Labute approximate surface area is 129 Å². The number of anilines is 1. The van der Waals surface area contributed by atoms with E-state index in [4.69, 9.17) is 4.98 Å². The van der Waals surface area contributed by atoms with Crippen molar-refractivity contribution in [1.82, 2.24) is 15.3 Å². The van der Waals surface area contributed by atoms with Crippen LogP contribution in [0.4, 0.5) is 5.95 Å². The molecule has 118 valence electrons. The molecular formula is C17H30N4. The van der Waals surface area contributed by atoms with Crippen LogP contribution < -0.4 is 10.2 Å². The lowest BCUT2D eigenvalue weighted by Gasteiger charge is -2.38. The van der Waals surface area contributed by atoms with E-state index in [9.17, 15) is 0 Å². The molecule has 0 bridgehead atoms. The van der Waals surface area contributed by atoms with Gasteiger partial charge in [-0.2, -0.15) is 0 Å². The van der Waals surface area contributed by atoms with E-state index in [1.165, 1.54) is 18.4 Å². The summed E-state index contributed by atoms with van der Waals surface area (Å²) in [5.41, 5.74) is 2.67. The number of hydrogen-bond acceptors (Lipinski definition) is 4. The summed E-state index contributed by atoms with van der Waals surface area (Å²) in [4.78, 5) is 11.7. The molecule has 1 aromatic rings. The van der Waals surface area contributed by atoms with Crippen LogP contribution in [0.15, 0.2) is 6.20 Å². The SMILES string of the molecule is Cc1nc(N2CCCC(C)(C)C2)ncc1CNCC(C)C. The molecule has 4 nitrogen and oxygen atoms in total. The van der Waals surface area contributed by atoms with Gasteiger partial charge >= 0.3 is 0 Å². The standard InChI is InChI=1S/C17H30N4/c1-13(2)9-18-10-15-11-19-16(20-14(15)3)21-8-6-7-17(4,5)12-21/h11,13,18H,6-10,12H2,1-5H3. The second-order valence-electron chi connectivity index (χ2n) is 7.49. The molecule has 2 heterocycles. The fourth-order valence-electron chi connectivity index (χ4n) is 2.90. The Kier molecular flexibility index (Phi) is 5.20. The van der Waals surface area contributed by atoms with Crippen LogP contribution >= 0.6 is 0 Å². The lowest BCUT2D eigenvalue weighted by atomic mass is 9.84. The van der Waals surface area contributed by atoms with Gasteiger partial charge in [0, 0.05) is 37.1 Å². The van der Waals surface area contributed by atoms with Crippen molar-refractivity contribution >= 4 is 5.95 Å². The zero-order chi connectivity index (χ0) is 15.5. The summed E-state index contributed by atoms with van der Waals surface area (Å²) >= 11 is 0. The van der Waals surface area contributed by atoms with E-state index in [2.05, 4.69) is 49.8 Å². The van der Waals surface area contributed by atoms with Gasteiger partial charge in [0.05, 0.1) is 0 Å². The number of piperidine rings is 1. The largest absolute Gasteiger partial charge is 0.340 e. The predicted molar refractivity (Wildman–Crippen MR) is 88.5 cm³/mol. The fraction of sp³-hybridized carbons (Fsp3) is 0.765. The Bertz CT molecular complexity index is 468. The zero-order valence-electron chi connectivity index (χ0n) is 14.2. The van der Waals surface area contributed by atoms with Crippen molar-refractivity contribution in [1.29, 1.82) is 0 Å². The first kappa shape index (κ1) is 16.2. The molecule has 1 saturated heterocycles. The summed E-state index contributed by atoms with van der Waals surface area (Å²) < 4.78 is 0. The van der Waals surface area contributed by atoms with Crippen LogP contribution in [0, 0.1) is 18.3 Å².